The molecule has 2 N–H and O–H groups in total. The lowest BCUT2D eigenvalue weighted by Crippen LogP contribution is -2.68. The van der Waals surface area contributed by atoms with Gasteiger partial charge >= 0.3 is 0 Å². The third kappa shape index (κ3) is 6.33. The van der Waals surface area contributed by atoms with E-state index in [0.29, 0.717) is 0 Å². The van der Waals surface area contributed by atoms with E-state index in [1.807, 2.05) is 6.92 Å². The van der Waals surface area contributed by atoms with E-state index < -0.39 is 20.3 Å². The van der Waals surface area contributed by atoms with Crippen LogP contribution in [0.1, 0.15) is 22.5 Å². The second kappa shape index (κ2) is 7.75. The quantitative estimate of drug-likeness (QED) is 0.541. The molecule has 0 radical (unpaired) electrons. The number of rotatable bonds is 2. The molecule has 2 rings (SSSR count). The van der Waals surface area contributed by atoms with E-state index >= 15 is 0 Å². The molecule has 25 heavy (non-hydrogen) atoms. The molecule has 0 saturated heterocycles. The topological polar surface area (TPSA) is 156 Å². The van der Waals surface area contributed by atoms with Crippen LogP contribution in [0, 0.1) is 37.9 Å². The summed E-state index contributed by atoms with van der Waals surface area (Å²) >= 11 is 0. The van der Waals surface area contributed by atoms with E-state index in [4.69, 9.17) is 23.8 Å². The van der Waals surface area contributed by atoms with Crippen molar-refractivity contribution in [2.45, 2.75) is 32.6 Å². The van der Waals surface area contributed by atoms with Gasteiger partial charge in [-0.15, -0.1) is 10.2 Å². The summed E-state index contributed by atoms with van der Waals surface area (Å²) in [6.07, 6.45) is 0. The Morgan fingerprint density at radius 3 is 1.80 bits per heavy atom. The lowest BCUT2D eigenvalue weighted by molar-refractivity contribution is -2.00. The molecule has 0 amide bonds. The van der Waals surface area contributed by atoms with Crippen LogP contribution in [0.15, 0.2) is 35.2 Å². The molecule has 10 heteroatoms. The Bertz CT molecular complexity index is 855. The number of hydrogen-bond acceptors (Lipinski definition) is 6. The Balaban J connectivity index is 0.000000550. The van der Waals surface area contributed by atoms with E-state index in [1.165, 1.54) is 23.3 Å². The third-order valence-corrected chi connectivity index (χ3v) is 4.60. The van der Waals surface area contributed by atoms with Crippen LogP contribution in [-0.2, 0) is 10.0 Å². The molecule has 0 bridgehead atoms. The number of sulfonamides is 1. The van der Waals surface area contributed by atoms with Crippen molar-refractivity contribution in [3.63, 3.8) is 0 Å². The molecule has 2 aromatic rings. The summed E-state index contributed by atoms with van der Waals surface area (Å²) in [6, 6.07) is 8.73. The molecule has 0 spiro atoms. The van der Waals surface area contributed by atoms with Crippen molar-refractivity contribution in [2.75, 3.05) is 0 Å². The Morgan fingerprint density at radius 1 is 0.960 bits per heavy atom. The lowest BCUT2D eigenvalue weighted by atomic mass is 10.1. The molecule has 8 nitrogen and oxygen atoms in total. The predicted octanol–water partition coefficient (Wildman–Crippen LogP) is -2.91. The summed E-state index contributed by atoms with van der Waals surface area (Å²) in [7, 11) is -8.59. The number of halogens is 1. The van der Waals surface area contributed by atoms with Gasteiger partial charge in [0.15, 0.2) is 11.4 Å². The molecule has 1 aromatic carbocycles. The van der Waals surface area contributed by atoms with Gasteiger partial charge in [0.1, 0.15) is 0 Å². The lowest BCUT2D eigenvalue weighted by Gasteiger charge is -2.17. The highest BCUT2D eigenvalue weighted by molar-refractivity contribution is 7.89. The smallest absolute Gasteiger partial charge is 0.225 e. The van der Waals surface area contributed by atoms with E-state index in [9.17, 15) is 8.42 Å². The number of aryl methyl sites for hydroxylation is 2. The summed E-state index contributed by atoms with van der Waals surface area (Å²) in [6.45, 7) is 8.26. The number of aromatic nitrogens is 1. The van der Waals surface area contributed by atoms with Crippen molar-refractivity contribution in [3.05, 3.63) is 52.8 Å². The Kier molecular flexibility index (Phi) is 6.65. The zero-order chi connectivity index (χ0) is 19.6. The molecule has 138 valence electrons. The van der Waals surface area contributed by atoms with Crippen LogP contribution in [0.3, 0.4) is 0 Å². The van der Waals surface area contributed by atoms with Gasteiger partial charge in [0.25, 0.3) is 0 Å². The van der Waals surface area contributed by atoms with Crippen molar-refractivity contribution in [3.8, 4) is 5.69 Å². The highest BCUT2D eigenvalue weighted by atomic mass is 35.7. The van der Waals surface area contributed by atoms with Crippen LogP contribution in [0.2, 0.25) is 0 Å². The molecule has 0 fully saturated rings. The summed E-state index contributed by atoms with van der Waals surface area (Å²) in [5, 5.41) is 5.11. The highest BCUT2D eigenvalue weighted by Crippen LogP contribution is 2.14. The van der Waals surface area contributed by atoms with Crippen LogP contribution < -0.4 is 28.3 Å². The molecule has 0 aliphatic carbocycles. The average Bonchev–Trinajstić information content (AvgIpc) is 2.43. The minimum absolute atomic E-state index is 0.126. The predicted molar refractivity (Wildman–Crippen MR) is 78.3 cm³/mol. The number of nitrogens with two attached hydrogens (primary N) is 1. The van der Waals surface area contributed by atoms with Crippen LogP contribution in [-0.4, -0.2) is 8.42 Å². The fourth-order valence-electron chi connectivity index (χ4n) is 2.39. The maximum Gasteiger partial charge on any atom is 0.238 e. The Hall–Kier alpha value is -1.59. The zero-order valence-electron chi connectivity index (χ0n) is 14.1. The number of pyridine rings is 1. The molecule has 0 unspecified atom stereocenters. The largest absolute Gasteiger partial charge is 0.238 e. The second-order valence-electron chi connectivity index (χ2n) is 5.43. The van der Waals surface area contributed by atoms with Crippen LogP contribution >= 0.6 is 0 Å². The molecule has 1 aromatic heterocycles. The third-order valence-electron chi connectivity index (χ3n) is 3.67. The fraction of sp³-hybridized carbons (Fsp3) is 0.267. The van der Waals surface area contributed by atoms with Crippen molar-refractivity contribution in [1.82, 2.24) is 0 Å². The summed E-state index contributed by atoms with van der Waals surface area (Å²) < 4.78 is 58.6. The van der Waals surface area contributed by atoms with Gasteiger partial charge in [-0.3, -0.25) is 0 Å². The first-order chi connectivity index (χ1) is 11.2. The number of benzene rings is 1. The molecule has 0 saturated carbocycles. The Labute approximate surface area is 148 Å². The number of primary sulfonamides is 1. The molecule has 0 aliphatic heterocycles. The van der Waals surface area contributed by atoms with Crippen molar-refractivity contribution in [2.24, 2.45) is 5.14 Å². The maximum atomic E-state index is 11.3. The molecule has 1 heterocycles. The minimum Gasteiger partial charge on any atom is -0.225 e. The van der Waals surface area contributed by atoms with Gasteiger partial charge < -0.3 is 0 Å². The monoisotopic (exact) mass is 390 g/mol. The van der Waals surface area contributed by atoms with Gasteiger partial charge in [-0.05, 0) is 31.5 Å². The Morgan fingerprint density at radius 2 is 1.40 bits per heavy atom. The van der Waals surface area contributed by atoms with Crippen molar-refractivity contribution < 1.29 is 41.9 Å². The first kappa shape index (κ1) is 21.5. The summed E-state index contributed by atoms with van der Waals surface area (Å²) in [5.74, 6) is 0. The summed E-state index contributed by atoms with van der Waals surface area (Å²) in [4.78, 5) is 0.126. The van der Waals surface area contributed by atoms with E-state index in [1.54, 1.807) is 12.1 Å². The first-order valence-electron chi connectivity index (χ1n) is 6.96. The van der Waals surface area contributed by atoms with Crippen LogP contribution in [0.4, 0.5) is 0 Å². The minimum atomic E-state index is -4.94. The van der Waals surface area contributed by atoms with E-state index in [0.717, 1.165) is 17.1 Å². The molecule has 0 atom stereocenters. The normalized spacial score (nSPS) is 11.7. The first-order valence-corrected chi connectivity index (χ1v) is 9.74. The van der Waals surface area contributed by atoms with Crippen LogP contribution in [0.25, 0.3) is 5.69 Å². The van der Waals surface area contributed by atoms with Gasteiger partial charge in [-0.25, -0.2) is 32.2 Å². The van der Waals surface area contributed by atoms with Crippen molar-refractivity contribution in [1.29, 1.82) is 0 Å². The average molecular weight is 391 g/mol. The molecular weight excluding hydrogens is 372 g/mol. The van der Waals surface area contributed by atoms with E-state index in [-0.39, 0.29) is 4.90 Å². The summed E-state index contributed by atoms with van der Waals surface area (Å²) in [5.41, 5.74) is 5.65. The van der Waals surface area contributed by atoms with Gasteiger partial charge in [-0.1, -0.05) is 0 Å². The van der Waals surface area contributed by atoms with E-state index in [2.05, 4.69) is 31.4 Å². The molecule has 0 aliphatic rings. The van der Waals surface area contributed by atoms with Gasteiger partial charge in [0, 0.05) is 37.6 Å². The van der Waals surface area contributed by atoms with Gasteiger partial charge in [0.2, 0.25) is 15.7 Å². The van der Waals surface area contributed by atoms with Crippen LogP contribution in [0.5, 0.6) is 0 Å². The number of hydrogen-bond donors (Lipinski definition) is 1. The number of nitrogens with zero attached hydrogens (tertiary/aromatic N) is 1. The second-order valence-corrected chi connectivity index (χ2v) is 7.75. The SMILES string of the molecule is Cc1cc(C)[n+](-c2ccc(S(N)(=O)=O)cc2)c(C)c1C.[O-][Cl+3]([O-])([O-])[O-]. The van der Waals surface area contributed by atoms with Crippen molar-refractivity contribution >= 4 is 10.0 Å². The maximum absolute atomic E-state index is 11.3. The van der Waals surface area contributed by atoms with Gasteiger partial charge in [-0.2, -0.15) is 4.57 Å². The fourth-order valence-corrected chi connectivity index (χ4v) is 2.90. The zero-order valence-corrected chi connectivity index (χ0v) is 15.7. The highest BCUT2D eigenvalue weighted by Gasteiger charge is 2.19. The van der Waals surface area contributed by atoms with Gasteiger partial charge in [0.05, 0.1) is 4.90 Å². The molecular formula is C15H19ClN2O6S. The standard InChI is InChI=1S/C15H19N2O2S.ClHO4/c1-10-9-11(2)17(13(4)12(10)3)14-5-7-15(8-6-14)20(16,18)19;2-1(3,4)5/h5-9H,1-4H3,(H2,16,18,19);(H,2,3,4,5)/q+1;/p-1.